The number of para-hydroxylation sites is 1. The van der Waals surface area contributed by atoms with Gasteiger partial charge >= 0.3 is 0 Å². The van der Waals surface area contributed by atoms with Crippen LogP contribution in [0, 0.1) is 5.92 Å². The predicted molar refractivity (Wildman–Crippen MR) is 93.5 cm³/mol. The maximum Gasteiger partial charge on any atom is 0.0379 e. The SMILES string of the molecule is CC1CCCCC(N2CCC3(CC2)CNc2ccccc23)C1. The van der Waals surface area contributed by atoms with E-state index in [-0.39, 0.29) is 0 Å². The highest BCUT2D eigenvalue weighted by atomic mass is 15.2. The molecule has 1 aromatic carbocycles. The molecule has 2 heteroatoms. The summed E-state index contributed by atoms with van der Waals surface area (Å²) in [5, 5.41) is 3.65. The van der Waals surface area contributed by atoms with Gasteiger partial charge in [0.25, 0.3) is 0 Å². The number of likely N-dealkylation sites (tertiary alicyclic amines) is 1. The Bertz CT molecular complexity index is 516. The molecule has 1 aromatic rings. The lowest BCUT2D eigenvalue weighted by atomic mass is 9.74. The van der Waals surface area contributed by atoms with Gasteiger partial charge in [0, 0.05) is 23.7 Å². The van der Waals surface area contributed by atoms with Crippen molar-refractivity contribution in [2.24, 2.45) is 5.92 Å². The van der Waals surface area contributed by atoms with E-state index in [2.05, 4.69) is 41.4 Å². The van der Waals surface area contributed by atoms with E-state index in [9.17, 15) is 0 Å². The Morgan fingerprint density at radius 1 is 1.09 bits per heavy atom. The van der Waals surface area contributed by atoms with Gasteiger partial charge < -0.3 is 10.2 Å². The third-order valence-corrected chi connectivity index (χ3v) is 6.55. The van der Waals surface area contributed by atoms with Crippen molar-refractivity contribution < 1.29 is 0 Å². The summed E-state index contributed by atoms with van der Waals surface area (Å²) in [7, 11) is 0. The maximum absolute atomic E-state index is 3.65. The van der Waals surface area contributed by atoms with Crippen LogP contribution < -0.4 is 5.32 Å². The Balaban J connectivity index is 1.45. The van der Waals surface area contributed by atoms with Crippen LogP contribution in [0.3, 0.4) is 0 Å². The molecule has 4 rings (SSSR count). The summed E-state index contributed by atoms with van der Waals surface area (Å²) >= 11 is 0. The summed E-state index contributed by atoms with van der Waals surface area (Å²) < 4.78 is 0. The van der Waals surface area contributed by atoms with Gasteiger partial charge in [0.05, 0.1) is 0 Å². The summed E-state index contributed by atoms with van der Waals surface area (Å²) in [6, 6.07) is 9.85. The molecule has 1 aliphatic carbocycles. The zero-order valence-electron chi connectivity index (χ0n) is 14.0. The zero-order valence-corrected chi connectivity index (χ0v) is 14.0. The van der Waals surface area contributed by atoms with Gasteiger partial charge in [-0.2, -0.15) is 0 Å². The number of hydrogen-bond donors (Lipinski definition) is 1. The molecule has 3 aliphatic rings. The summed E-state index contributed by atoms with van der Waals surface area (Å²) in [6.07, 6.45) is 9.89. The molecule has 2 aliphatic heterocycles. The molecule has 0 amide bonds. The van der Waals surface area contributed by atoms with Gasteiger partial charge in [-0.05, 0) is 56.3 Å². The second-order valence-corrected chi connectivity index (χ2v) is 7.99. The van der Waals surface area contributed by atoms with Gasteiger partial charge in [0.2, 0.25) is 0 Å². The van der Waals surface area contributed by atoms with Crippen molar-refractivity contribution in [3.05, 3.63) is 29.8 Å². The minimum absolute atomic E-state index is 0.420. The molecule has 1 saturated heterocycles. The smallest absolute Gasteiger partial charge is 0.0379 e. The number of hydrogen-bond acceptors (Lipinski definition) is 2. The molecule has 0 aromatic heterocycles. The maximum atomic E-state index is 3.65. The third-order valence-electron chi connectivity index (χ3n) is 6.55. The van der Waals surface area contributed by atoms with Crippen LogP contribution in [0.2, 0.25) is 0 Å². The molecular formula is C20H30N2. The largest absolute Gasteiger partial charge is 0.384 e. The van der Waals surface area contributed by atoms with Crippen LogP contribution in [0.25, 0.3) is 0 Å². The molecule has 2 fully saturated rings. The van der Waals surface area contributed by atoms with E-state index in [1.54, 1.807) is 5.56 Å². The van der Waals surface area contributed by atoms with Gasteiger partial charge in [-0.25, -0.2) is 0 Å². The molecule has 0 bridgehead atoms. The number of benzene rings is 1. The van der Waals surface area contributed by atoms with Crippen molar-refractivity contribution in [3.8, 4) is 0 Å². The van der Waals surface area contributed by atoms with Gasteiger partial charge in [0.15, 0.2) is 0 Å². The number of rotatable bonds is 1. The van der Waals surface area contributed by atoms with Crippen LogP contribution in [-0.2, 0) is 5.41 Å². The predicted octanol–water partition coefficient (Wildman–Crippen LogP) is 4.41. The Kier molecular flexibility index (Phi) is 3.89. The van der Waals surface area contributed by atoms with Crippen LogP contribution in [0.15, 0.2) is 24.3 Å². The van der Waals surface area contributed by atoms with Crippen LogP contribution >= 0.6 is 0 Å². The molecule has 22 heavy (non-hydrogen) atoms. The molecule has 0 radical (unpaired) electrons. The van der Waals surface area contributed by atoms with Crippen LogP contribution in [0.4, 0.5) is 5.69 Å². The molecule has 2 unspecified atom stereocenters. The molecule has 1 saturated carbocycles. The summed E-state index contributed by atoms with van der Waals surface area (Å²) in [5.41, 5.74) is 3.40. The highest BCUT2D eigenvalue weighted by molar-refractivity contribution is 5.60. The van der Waals surface area contributed by atoms with Crippen molar-refractivity contribution in [2.75, 3.05) is 25.0 Å². The second-order valence-electron chi connectivity index (χ2n) is 7.99. The number of nitrogens with zero attached hydrogens (tertiary/aromatic N) is 1. The minimum atomic E-state index is 0.420. The number of fused-ring (bicyclic) bond motifs is 2. The second kappa shape index (κ2) is 5.88. The topological polar surface area (TPSA) is 15.3 Å². The first-order chi connectivity index (χ1) is 10.8. The van der Waals surface area contributed by atoms with Crippen molar-refractivity contribution in [3.63, 3.8) is 0 Å². The molecule has 1 N–H and O–H groups in total. The minimum Gasteiger partial charge on any atom is -0.384 e. The highest BCUT2D eigenvalue weighted by Crippen LogP contribution is 2.44. The molecule has 2 heterocycles. The zero-order chi connectivity index (χ0) is 15.0. The fraction of sp³-hybridized carbons (Fsp3) is 0.700. The standard InChI is InChI=1S/C20H30N2/c1-16-6-2-3-7-17(14-16)22-12-10-20(11-13-22)15-21-19-9-5-4-8-18(19)20/h4-5,8-9,16-17,21H,2-3,6-7,10-15H2,1H3. The van der Waals surface area contributed by atoms with Gasteiger partial charge in [0.1, 0.15) is 0 Å². The fourth-order valence-electron chi connectivity index (χ4n) is 5.13. The lowest BCUT2D eigenvalue weighted by Gasteiger charge is -2.43. The van der Waals surface area contributed by atoms with Gasteiger partial charge in [-0.15, -0.1) is 0 Å². The van der Waals surface area contributed by atoms with Crippen LogP contribution in [-0.4, -0.2) is 30.6 Å². The van der Waals surface area contributed by atoms with Crippen LogP contribution in [0.5, 0.6) is 0 Å². The van der Waals surface area contributed by atoms with Gasteiger partial charge in [-0.3, -0.25) is 0 Å². The molecule has 120 valence electrons. The lowest BCUT2D eigenvalue weighted by Crippen LogP contribution is -2.48. The van der Waals surface area contributed by atoms with E-state index in [0.717, 1.165) is 18.5 Å². The van der Waals surface area contributed by atoms with E-state index in [4.69, 9.17) is 0 Å². The van der Waals surface area contributed by atoms with Crippen molar-refractivity contribution in [2.45, 2.75) is 63.3 Å². The number of anilines is 1. The van der Waals surface area contributed by atoms with E-state index < -0.39 is 0 Å². The molecule has 1 spiro atoms. The first-order valence-electron chi connectivity index (χ1n) is 9.34. The Hall–Kier alpha value is -1.02. The molecule has 2 nitrogen and oxygen atoms in total. The van der Waals surface area contributed by atoms with Crippen LogP contribution in [0.1, 0.15) is 57.4 Å². The van der Waals surface area contributed by atoms with E-state index in [1.807, 2.05) is 0 Å². The number of piperidine rings is 1. The normalized spacial score (nSPS) is 31.5. The van der Waals surface area contributed by atoms with E-state index >= 15 is 0 Å². The van der Waals surface area contributed by atoms with Crippen molar-refractivity contribution in [1.82, 2.24) is 4.90 Å². The summed E-state index contributed by atoms with van der Waals surface area (Å²) in [4.78, 5) is 2.83. The third kappa shape index (κ3) is 2.56. The van der Waals surface area contributed by atoms with Gasteiger partial charge in [-0.1, -0.05) is 44.4 Å². The quantitative estimate of drug-likeness (QED) is 0.772. The number of nitrogens with one attached hydrogen (secondary N) is 1. The van der Waals surface area contributed by atoms with E-state index in [0.29, 0.717) is 5.41 Å². The average molecular weight is 298 g/mol. The highest BCUT2D eigenvalue weighted by Gasteiger charge is 2.42. The first-order valence-corrected chi connectivity index (χ1v) is 9.34. The van der Waals surface area contributed by atoms with E-state index in [1.165, 1.54) is 63.7 Å². The summed E-state index contributed by atoms with van der Waals surface area (Å²) in [6.45, 7) is 6.21. The Labute approximate surface area is 135 Å². The first kappa shape index (κ1) is 14.6. The van der Waals surface area contributed by atoms with Crippen molar-refractivity contribution >= 4 is 5.69 Å². The monoisotopic (exact) mass is 298 g/mol. The van der Waals surface area contributed by atoms with Crippen molar-refractivity contribution in [1.29, 1.82) is 0 Å². The average Bonchev–Trinajstić information content (AvgIpc) is 2.75. The molecule has 2 atom stereocenters. The Morgan fingerprint density at radius 3 is 2.73 bits per heavy atom. The Morgan fingerprint density at radius 2 is 1.86 bits per heavy atom. The fourth-order valence-corrected chi connectivity index (χ4v) is 5.13. The molecular weight excluding hydrogens is 268 g/mol. The lowest BCUT2D eigenvalue weighted by molar-refractivity contribution is 0.105. The summed E-state index contributed by atoms with van der Waals surface area (Å²) in [5.74, 6) is 0.928.